The molecule has 2 amide bonds. The number of rotatable bonds is 3. The number of carbonyl (C=O) groups is 2. The molecule has 0 unspecified atom stereocenters. The average molecular weight is 465 g/mol. The second kappa shape index (κ2) is 7.38. The number of pyridine rings is 1. The fourth-order valence-corrected chi connectivity index (χ4v) is 5.03. The molecule has 0 saturated heterocycles. The summed E-state index contributed by atoms with van der Waals surface area (Å²) in [6.45, 7) is 11.0. The van der Waals surface area contributed by atoms with Crippen molar-refractivity contribution in [2.24, 2.45) is 0 Å². The highest BCUT2D eigenvalue weighted by molar-refractivity contribution is 9.10. The zero-order chi connectivity index (χ0) is 21.5. The molecule has 10 heteroatoms. The predicted octanol–water partition coefficient (Wildman–Crippen LogP) is 4.15. The molecule has 0 fully saturated rings. The monoisotopic (exact) mass is 464 g/mol. The van der Waals surface area contributed by atoms with E-state index in [4.69, 9.17) is 0 Å². The van der Waals surface area contributed by atoms with Crippen molar-refractivity contribution < 1.29 is 28.2 Å². The zero-order valence-electron chi connectivity index (χ0n) is 16.4. The molecule has 0 aliphatic carbocycles. The molecule has 0 aromatic carbocycles. The van der Waals surface area contributed by atoms with Crippen LogP contribution in [0.25, 0.3) is 0 Å². The highest BCUT2D eigenvalue weighted by Crippen LogP contribution is 2.42. The minimum atomic E-state index is -3.61. The molecule has 0 radical (unpaired) electrons. The van der Waals surface area contributed by atoms with Crippen molar-refractivity contribution in [3.63, 3.8) is 0 Å². The van der Waals surface area contributed by atoms with E-state index in [-0.39, 0.29) is 10.5 Å². The first kappa shape index (κ1) is 23.4. The van der Waals surface area contributed by atoms with E-state index < -0.39 is 44.4 Å². The van der Waals surface area contributed by atoms with E-state index >= 15 is 0 Å². The van der Waals surface area contributed by atoms with Crippen LogP contribution in [0.5, 0.6) is 0 Å². The number of anilines is 1. The molecule has 0 saturated carbocycles. The van der Waals surface area contributed by atoms with Gasteiger partial charge in [0.05, 0.1) is 11.4 Å². The number of halogens is 1. The van der Waals surface area contributed by atoms with Crippen molar-refractivity contribution >= 4 is 43.8 Å². The summed E-state index contributed by atoms with van der Waals surface area (Å²) >= 11 is 3.50. The van der Waals surface area contributed by atoms with Crippen LogP contribution in [-0.4, -0.2) is 42.1 Å². The van der Waals surface area contributed by atoms with E-state index in [1.807, 2.05) is 41.5 Å². The third-order valence-electron chi connectivity index (χ3n) is 3.68. The van der Waals surface area contributed by atoms with E-state index in [0.717, 1.165) is 6.26 Å². The lowest BCUT2D eigenvalue weighted by atomic mass is 9.81. The molecular weight excluding hydrogens is 440 g/mol. The summed E-state index contributed by atoms with van der Waals surface area (Å²) < 4.78 is 24.6. The molecule has 27 heavy (non-hydrogen) atoms. The van der Waals surface area contributed by atoms with E-state index in [2.05, 4.69) is 20.9 Å². The summed E-state index contributed by atoms with van der Waals surface area (Å²) in [5, 5.41) is 18.8. The van der Waals surface area contributed by atoms with Crippen LogP contribution in [0.1, 0.15) is 58.4 Å². The van der Waals surface area contributed by atoms with Crippen molar-refractivity contribution in [1.82, 2.24) is 4.98 Å². The molecule has 152 valence electrons. The largest absolute Gasteiger partial charge is 0.464 e. The summed E-state index contributed by atoms with van der Waals surface area (Å²) in [7, 11) is -3.61. The Kier molecular flexibility index (Phi) is 6.39. The fourth-order valence-electron chi connectivity index (χ4n) is 2.71. The van der Waals surface area contributed by atoms with Gasteiger partial charge in [-0.3, -0.25) is 0 Å². The standard InChI is InChI=1S/C17H25BrN2O6S/c1-16(2,3)10-9(8-27(7,25)26)13(20(14(21)22)15(23)24)19-12(11(10)18)17(4,5)6/h8H2,1-7H3,(H,21,22)(H,23,24). The van der Waals surface area contributed by atoms with Crippen molar-refractivity contribution in [3.05, 3.63) is 21.3 Å². The number of carboxylic acid groups (broad SMARTS) is 2. The lowest BCUT2D eigenvalue weighted by Gasteiger charge is -2.32. The number of nitrogens with zero attached hydrogens (tertiary/aromatic N) is 2. The molecule has 0 spiro atoms. The number of hydrogen-bond acceptors (Lipinski definition) is 5. The van der Waals surface area contributed by atoms with Crippen LogP contribution in [-0.2, 0) is 26.4 Å². The quantitative estimate of drug-likeness (QED) is 0.687. The van der Waals surface area contributed by atoms with Gasteiger partial charge in [0.15, 0.2) is 15.7 Å². The average Bonchev–Trinajstić information content (AvgIpc) is 2.35. The molecule has 8 nitrogen and oxygen atoms in total. The fraction of sp³-hybridized carbons (Fsp3) is 0.588. The molecule has 1 aromatic rings. The zero-order valence-corrected chi connectivity index (χ0v) is 18.8. The molecular formula is C17H25BrN2O6S. The molecule has 2 N–H and O–H groups in total. The van der Waals surface area contributed by atoms with Crippen molar-refractivity contribution in [3.8, 4) is 0 Å². The van der Waals surface area contributed by atoms with E-state index in [1.165, 1.54) is 0 Å². The number of imide groups is 1. The number of sulfone groups is 1. The van der Waals surface area contributed by atoms with Crippen LogP contribution in [0.3, 0.4) is 0 Å². The molecule has 0 aliphatic rings. The van der Waals surface area contributed by atoms with Crippen molar-refractivity contribution in [2.75, 3.05) is 11.2 Å². The van der Waals surface area contributed by atoms with Gasteiger partial charge in [-0.25, -0.2) is 23.0 Å². The second-order valence-corrected chi connectivity index (χ2v) is 11.4. The Morgan fingerprint density at radius 1 is 1.04 bits per heavy atom. The summed E-state index contributed by atoms with van der Waals surface area (Å²) in [6, 6.07) is 0. The van der Waals surface area contributed by atoms with Crippen LogP contribution in [0, 0.1) is 0 Å². The van der Waals surface area contributed by atoms with Crippen LogP contribution in [0.15, 0.2) is 4.47 Å². The van der Waals surface area contributed by atoms with Crippen LogP contribution in [0.2, 0.25) is 0 Å². The first-order chi connectivity index (χ1) is 11.9. The molecule has 0 aliphatic heterocycles. The van der Waals surface area contributed by atoms with Crippen molar-refractivity contribution in [1.29, 1.82) is 0 Å². The van der Waals surface area contributed by atoms with E-state index in [1.54, 1.807) is 0 Å². The maximum absolute atomic E-state index is 12.0. The van der Waals surface area contributed by atoms with Gasteiger partial charge >= 0.3 is 12.2 Å². The summed E-state index contributed by atoms with van der Waals surface area (Å²) in [5.74, 6) is -0.944. The lowest BCUT2D eigenvalue weighted by molar-refractivity contribution is 0.184. The van der Waals surface area contributed by atoms with Crippen LogP contribution in [0.4, 0.5) is 15.4 Å². The third-order valence-corrected chi connectivity index (χ3v) is 5.26. The first-order valence-corrected chi connectivity index (χ1v) is 10.9. The van der Waals surface area contributed by atoms with Gasteiger partial charge in [0.25, 0.3) is 0 Å². The molecule has 0 atom stereocenters. The lowest BCUT2D eigenvalue weighted by Crippen LogP contribution is -2.38. The van der Waals surface area contributed by atoms with E-state index in [0.29, 0.717) is 15.7 Å². The van der Waals surface area contributed by atoms with Gasteiger partial charge in [0.2, 0.25) is 0 Å². The Morgan fingerprint density at radius 3 is 1.78 bits per heavy atom. The highest BCUT2D eigenvalue weighted by Gasteiger charge is 2.36. The summed E-state index contributed by atoms with van der Waals surface area (Å²) in [6.07, 6.45) is -2.51. The van der Waals surface area contributed by atoms with Gasteiger partial charge in [0.1, 0.15) is 0 Å². The van der Waals surface area contributed by atoms with E-state index in [9.17, 15) is 28.2 Å². The summed E-state index contributed by atoms with van der Waals surface area (Å²) in [5.41, 5.74) is -0.170. The molecule has 1 aromatic heterocycles. The third kappa shape index (κ3) is 5.41. The SMILES string of the molecule is CC(C)(C)c1nc(N(C(=O)O)C(=O)O)c(CS(C)(=O)=O)c(C(C)(C)C)c1Br. The van der Waals surface area contributed by atoms with Gasteiger partial charge in [-0.2, -0.15) is 4.90 Å². The second-order valence-electron chi connectivity index (χ2n) is 8.42. The number of aromatic nitrogens is 1. The maximum Gasteiger partial charge on any atom is 0.422 e. The van der Waals surface area contributed by atoms with Gasteiger partial charge in [-0.1, -0.05) is 41.5 Å². The highest BCUT2D eigenvalue weighted by atomic mass is 79.9. The minimum Gasteiger partial charge on any atom is -0.464 e. The minimum absolute atomic E-state index is 0.0506. The molecule has 1 heterocycles. The predicted molar refractivity (Wildman–Crippen MR) is 106 cm³/mol. The Bertz CT molecular complexity index is 868. The van der Waals surface area contributed by atoms with Gasteiger partial charge < -0.3 is 10.2 Å². The Hall–Kier alpha value is -1.68. The normalized spacial score (nSPS) is 12.7. The number of hydrogen-bond donors (Lipinski definition) is 2. The smallest absolute Gasteiger partial charge is 0.422 e. The first-order valence-electron chi connectivity index (χ1n) is 8.05. The molecule has 0 bridgehead atoms. The van der Waals surface area contributed by atoms with Gasteiger partial charge in [-0.05, 0) is 26.9 Å². The van der Waals surface area contributed by atoms with Gasteiger partial charge in [-0.15, -0.1) is 0 Å². The molecule has 1 rings (SSSR count). The van der Waals surface area contributed by atoms with Gasteiger partial charge in [0, 0.05) is 21.7 Å². The van der Waals surface area contributed by atoms with Crippen LogP contribution < -0.4 is 4.90 Å². The summed E-state index contributed by atoms with van der Waals surface area (Å²) in [4.78, 5) is 27.6. The Labute approximate surface area is 167 Å². The van der Waals surface area contributed by atoms with Crippen LogP contribution >= 0.6 is 15.9 Å². The topological polar surface area (TPSA) is 125 Å². The Morgan fingerprint density at radius 2 is 1.48 bits per heavy atom. The maximum atomic E-state index is 12.0. The number of amides is 2. The van der Waals surface area contributed by atoms with Crippen molar-refractivity contribution in [2.45, 2.75) is 58.1 Å². The Balaban J connectivity index is 4.20.